The molecule has 0 unspecified atom stereocenters. The number of piperazine rings is 1. The van der Waals surface area contributed by atoms with Gasteiger partial charge in [-0.15, -0.1) is 15.3 Å². The van der Waals surface area contributed by atoms with Crippen molar-refractivity contribution in [3.63, 3.8) is 0 Å². The zero-order valence-corrected chi connectivity index (χ0v) is 13.8. The number of aryl methyl sites for hydroxylation is 1. The Balaban J connectivity index is 1.49. The van der Waals surface area contributed by atoms with Crippen LogP contribution in [0.5, 0.6) is 5.75 Å². The maximum absolute atomic E-state index is 5.28. The Bertz CT molecular complexity index is 855. The Kier molecular flexibility index (Phi) is 3.64. The first-order chi connectivity index (χ1) is 11.7. The van der Waals surface area contributed by atoms with E-state index in [1.165, 1.54) is 0 Å². The van der Waals surface area contributed by atoms with Crippen LogP contribution in [0.2, 0.25) is 0 Å². The fourth-order valence-electron chi connectivity index (χ4n) is 2.92. The van der Waals surface area contributed by atoms with Gasteiger partial charge in [-0.3, -0.25) is 0 Å². The van der Waals surface area contributed by atoms with Gasteiger partial charge in [-0.1, -0.05) is 0 Å². The second kappa shape index (κ2) is 5.95. The number of methoxy groups -OCH3 is 1. The van der Waals surface area contributed by atoms with Crippen LogP contribution >= 0.6 is 0 Å². The molecule has 0 amide bonds. The molecule has 1 fully saturated rings. The molecule has 24 heavy (non-hydrogen) atoms. The van der Waals surface area contributed by atoms with Crippen LogP contribution in [0, 0.1) is 6.92 Å². The van der Waals surface area contributed by atoms with Crippen LogP contribution in [0.3, 0.4) is 0 Å². The van der Waals surface area contributed by atoms with Gasteiger partial charge in [0, 0.05) is 38.4 Å². The zero-order valence-electron chi connectivity index (χ0n) is 13.8. The summed E-state index contributed by atoms with van der Waals surface area (Å²) in [6.07, 6.45) is 1.78. The topological polar surface area (TPSA) is 71.7 Å². The second-order valence-corrected chi connectivity index (χ2v) is 5.74. The van der Waals surface area contributed by atoms with E-state index in [9.17, 15) is 0 Å². The average Bonchev–Trinajstić information content (AvgIpc) is 3.02. The van der Waals surface area contributed by atoms with Crippen LogP contribution in [-0.2, 0) is 0 Å². The minimum Gasteiger partial charge on any atom is -0.497 e. The van der Waals surface area contributed by atoms with Gasteiger partial charge >= 0.3 is 0 Å². The van der Waals surface area contributed by atoms with E-state index in [1.54, 1.807) is 17.8 Å². The molecular weight excluding hydrogens is 306 g/mol. The zero-order chi connectivity index (χ0) is 16.5. The molecular formula is C16H19N7O. The summed E-state index contributed by atoms with van der Waals surface area (Å²) < 4.78 is 7.06. The minimum absolute atomic E-state index is 0.774. The third-order valence-corrected chi connectivity index (χ3v) is 4.28. The fraction of sp³-hybridized carbons (Fsp3) is 0.375. The number of hydrogen-bond donors (Lipinski definition) is 0. The number of nitrogens with zero attached hydrogens (tertiary/aromatic N) is 7. The number of ether oxygens (including phenoxy) is 1. The summed E-state index contributed by atoms with van der Waals surface area (Å²) in [5, 5.41) is 12.8. The first-order valence-corrected chi connectivity index (χ1v) is 7.93. The van der Waals surface area contributed by atoms with E-state index in [-0.39, 0.29) is 0 Å². The Morgan fingerprint density at radius 2 is 1.71 bits per heavy atom. The molecule has 0 saturated carbocycles. The molecule has 0 aliphatic carbocycles. The van der Waals surface area contributed by atoms with Gasteiger partial charge in [-0.2, -0.15) is 4.52 Å². The Labute approximate surface area is 139 Å². The predicted molar refractivity (Wildman–Crippen MR) is 90.7 cm³/mol. The first-order valence-electron chi connectivity index (χ1n) is 7.93. The number of aromatic nitrogens is 5. The Hall–Kier alpha value is -2.90. The van der Waals surface area contributed by atoms with E-state index >= 15 is 0 Å². The highest BCUT2D eigenvalue weighted by atomic mass is 16.5. The number of pyridine rings is 1. The lowest BCUT2D eigenvalue weighted by Crippen LogP contribution is -2.47. The third kappa shape index (κ3) is 2.60. The summed E-state index contributed by atoms with van der Waals surface area (Å²) in [4.78, 5) is 8.98. The third-order valence-electron chi connectivity index (χ3n) is 4.28. The highest BCUT2D eigenvalue weighted by molar-refractivity contribution is 5.49. The molecule has 0 aromatic carbocycles. The summed E-state index contributed by atoms with van der Waals surface area (Å²) in [7, 11) is 1.67. The van der Waals surface area contributed by atoms with Crippen molar-refractivity contribution >= 4 is 17.3 Å². The molecule has 8 nitrogen and oxygen atoms in total. The molecule has 1 aliphatic rings. The van der Waals surface area contributed by atoms with E-state index in [1.807, 2.05) is 31.2 Å². The Morgan fingerprint density at radius 1 is 0.958 bits per heavy atom. The number of rotatable bonds is 3. The summed E-state index contributed by atoms with van der Waals surface area (Å²) in [6, 6.07) is 7.79. The summed E-state index contributed by atoms with van der Waals surface area (Å²) in [5.74, 6) is 3.53. The lowest BCUT2D eigenvalue weighted by atomic mass is 10.3. The van der Waals surface area contributed by atoms with Crippen molar-refractivity contribution in [3.8, 4) is 5.75 Å². The van der Waals surface area contributed by atoms with Crippen LogP contribution in [0.15, 0.2) is 30.5 Å². The van der Waals surface area contributed by atoms with Gasteiger partial charge < -0.3 is 14.5 Å². The van der Waals surface area contributed by atoms with Crippen LogP contribution in [-0.4, -0.2) is 58.1 Å². The van der Waals surface area contributed by atoms with Gasteiger partial charge in [0.2, 0.25) is 0 Å². The Morgan fingerprint density at radius 3 is 2.46 bits per heavy atom. The molecule has 124 valence electrons. The van der Waals surface area contributed by atoms with Gasteiger partial charge in [0.05, 0.1) is 7.11 Å². The molecule has 1 aliphatic heterocycles. The predicted octanol–water partition coefficient (Wildman–Crippen LogP) is 1.16. The van der Waals surface area contributed by atoms with Gasteiger partial charge in [-0.05, 0) is 25.1 Å². The van der Waals surface area contributed by atoms with Gasteiger partial charge in [-0.25, -0.2) is 4.98 Å². The lowest BCUT2D eigenvalue weighted by molar-refractivity contribution is 0.414. The van der Waals surface area contributed by atoms with Gasteiger partial charge in [0.25, 0.3) is 0 Å². The second-order valence-electron chi connectivity index (χ2n) is 5.74. The maximum Gasteiger partial charge on any atom is 0.178 e. The molecule has 0 spiro atoms. The maximum atomic E-state index is 5.28. The van der Waals surface area contributed by atoms with E-state index < -0.39 is 0 Å². The monoisotopic (exact) mass is 325 g/mol. The fourth-order valence-corrected chi connectivity index (χ4v) is 2.92. The number of hydrogen-bond acceptors (Lipinski definition) is 7. The van der Waals surface area contributed by atoms with Crippen molar-refractivity contribution < 1.29 is 4.74 Å². The normalized spacial score (nSPS) is 15.1. The van der Waals surface area contributed by atoms with Crippen LogP contribution in [0.4, 0.5) is 11.6 Å². The van der Waals surface area contributed by atoms with E-state index in [0.717, 1.165) is 55.0 Å². The van der Waals surface area contributed by atoms with Crippen molar-refractivity contribution in [1.29, 1.82) is 0 Å². The smallest absolute Gasteiger partial charge is 0.178 e. The summed E-state index contributed by atoms with van der Waals surface area (Å²) >= 11 is 0. The van der Waals surface area contributed by atoms with Crippen LogP contribution < -0.4 is 14.5 Å². The highest BCUT2D eigenvalue weighted by Gasteiger charge is 2.20. The standard InChI is InChI=1S/C16H19N7O/c1-12-18-19-14-3-4-15(20-23(12)14)21-7-9-22(10-8-21)16-11-13(24-2)5-6-17-16/h3-6,11H,7-10H2,1-2H3. The molecule has 4 rings (SSSR count). The molecule has 8 heteroatoms. The molecule has 4 heterocycles. The molecule has 3 aromatic rings. The van der Waals surface area contributed by atoms with Crippen molar-refractivity contribution in [2.45, 2.75) is 6.92 Å². The highest BCUT2D eigenvalue weighted by Crippen LogP contribution is 2.21. The average molecular weight is 325 g/mol. The van der Waals surface area contributed by atoms with Crippen molar-refractivity contribution in [2.24, 2.45) is 0 Å². The number of fused-ring (bicyclic) bond motifs is 1. The molecule has 0 atom stereocenters. The van der Waals surface area contributed by atoms with Crippen LogP contribution in [0.1, 0.15) is 5.82 Å². The van der Waals surface area contributed by atoms with Gasteiger partial charge in [0.1, 0.15) is 17.4 Å². The molecule has 0 bridgehead atoms. The van der Waals surface area contributed by atoms with E-state index in [0.29, 0.717) is 0 Å². The minimum atomic E-state index is 0.774. The van der Waals surface area contributed by atoms with Crippen molar-refractivity contribution in [2.75, 3.05) is 43.1 Å². The van der Waals surface area contributed by atoms with Gasteiger partial charge in [0.15, 0.2) is 11.5 Å². The van der Waals surface area contributed by atoms with Crippen molar-refractivity contribution in [3.05, 3.63) is 36.3 Å². The number of anilines is 2. The van der Waals surface area contributed by atoms with Crippen molar-refractivity contribution in [1.82, 2.24) is 24.8 Å². The molecule has 3 aromatic heterocycles. The summed E-state index contributed by atoms with van der Waals surface area (Å²) in [6.45, 7) is 5.46. The molecule has 0 radical (unpaired) electrons. The van der Waals surface area contributed by atoms with E-state index in [2.05, 4.69) is 30.1 Å². The quantitative estimate of drug-likeness (QED) is 0.715. The van der Waals surface area contributed by atoms with E-state index in [4.69, 9.17) is 4.74 Å². The molecule has 1 saturated heterocycles. The first kappa shape index (κ1) is 14.7. The van der Waals surface area contributed by atoms with Crippen LogP contribution in [0.25, 0.3) is 5.65 Å². The lowest BCUT2D eigenvalue weighted by Gasteiger charge is -2.36. The molecule has 0 N–H and O–H groups in total. The SMILES string of the molecule is COc1ccnc(N2CCN(c3ccc4nnc(C)n4n3)CC2)c1. The largest absolute Gasteiger partial charge is 0.497 e. The summed E-state index contributed by atoms with van der Waals surface area (Å²) in [5.41, 5.74) is 0.774.